The smallest absolute Gasteiger partial charge is 0.336 e. The Labute approximate surface area is 111 Å². The predicted octanol–water partition coefficient (Wildman–Crippen LogP) is 2.34. The van der Waals surface area contributed by atoms with Crippen molar-refractivity contribution in [2.24, 2.45) is 0 Å². The number of fused-ring (bicyclic) bond motifs is 1. The van der Waals surface area contributed by atoms with E-state index in [-0.39, 0.29) is 5.91 Å². The Morgan fingerprint density at radius 3 is 2.89 bits per heavy atom. The Kier molecular flexibility index (Phi) is 4.00. The Balaban J connectivity index is 2.28. The van der Waals surface area contributed by atoms with Gasteiger partial charge in [-0.1, -0.05) is 12.7 Å². The zero-order valence-electron chi connectivity index (χ0n) is 10.8. The third kappa shape index (κ3) is 3.02. The van der Waals surface area contributed by atoms with Crippen LogP contribution in [0.1, 0.15) is 40.9 Å². The number of nitrogens with one attached hydrogen (secondary N) is 1. The molecule has 0 bridgehead atoms. The van der Waals surface area contributed by atoms with E-state index in [4.69, 9.17) is 4.42 Å². The van der Waals surface area contributed by atoms with Crippen molar-refractivity contribution in [1.82, 2.24) is 5.32 Å². The van der Waals surface area contributed by atoms with E-state index in [1.54, 1.807) is 0 Å². The molecule has 0 saturated carbocycles. The van der Waals surface area contributed by atoms with Gasteiger partial charge in [0.2, 0.25) is 0 Å². The largest absolute Gasteiger partial charge is 0.427 e. The fourth-order valence-corrected chi connectivity index (χ4v) is 2.25. The van der Waals surface area contributed by atoms with E-state index in [1.165, 1.54) is 6.07 Å². The van der Waals surface area contributed by atoms with Crippen LogP contribution < -0.4 is 10.9 Å². The van der Waals surface area contributed by atoms with Crippen LogP contribution in [-0.2, 0) is 12.8 Å². The van der Waals surface area contributed by atoms with Gasteiger partial charge in [-0.25, -0.2) is 4.79 Å². The summed E-state index contributed by atoms with van der Waals surface area (Å²) in [5, 5.41) is 2.69. The molecule has 0 spiro atoms. The Bertz CT molecular complexity index is 584. The number of allylic oxidation sites excluding steroid dienone is 2. The molecule has 0 radical (unpaired) electrons. The van der Waals surface area contributed by atoms with Crippen molar-refractivity contribution in [3.8, 4) is 0 Å². The summed E-state index contributed by atoms with van der Waals surface area (Å²) in [5.41, 5.74) is 1.43. The first-order valence-corrected chi connectivity index (χ1v) is 6.37. The quantitative estimate of drug-likeness (QED) is 0.652. The minimum atomic E-state index is -0.403. The average Bonchev–Trinajstić information content (AvgIpc) is 2.33. The molecule has 0 unspecified atom stereocenters. The zero-order chi connectivity index (χ0) is 13.8. The van der Waals surface area contributed by atoms with E-state index in [2.05, 4.69) is 18.5 Å². The molecule has 1 aromatic rings. The monoisotopic (exact) mass is 259 g/mol. The minimum Gasteiger partial charge on any atom is -0.427 e. The van der Waals surface area contributed by atoms with Gasteiger partial charge < -0.3 is 9.73 Å². The molecule has 100 valence electrons. The summed E-state index contributed by atoms with van der Waals surface area (Å²) in [4.78, 5) is 23.5. The van der Waals surface area contributed by atoms with Gasteiger partial charge in [0.1, 0.15) is 5.76 Å². The van der Waals surface area contributed by atoms with E-state index in [0.29, 0.717) is 29.9 Å². The third-order valence-electron chi connectivity index (χ3n) is 3.11. The molecular weight excluding hydrogens is 242 g/mol. The molecule has 1 aliphatic heterocycles. The fourth-order valence-electron chi connectivity index (χ4n) is 2.25. The lowest BCUT2D eigenvalue weighted by Crippen LogP contribution is -2.32. The molecular formula is C15H17NO3. The SMILES string of the molecule is C=CCCCCc1cc(=O)oc2c1C(=O)NC(=C)C2. The van der Waals surface area contributed by atoms with Crippen LogP contribution in [0, 0.1) is 0 Å². The molecule has 1 aromatic heterocycles. The fraction of sp³-hybridized carbons (Fsp3) is 0.333. The van der Waals surface area contributed by atoms with Crippen LogP contribution >= 0.6 is 0 Å². The van der Waals surface area contributed by atoms with E-state index >= 15 is 0 Å². The number of amides is 1. The highest BCUT2D eigenvalue weighted by Crippen LogP contribution is 2.21. The van der Waals surface area contributed by atoms with Crippen molar-refractivity contribution in [2.75, 3.05) is 0 Å². The lowest BCUT2D eigenvalue weighted by molar-refractivity contribution is 0.0952. The number of aryl methyl sites for hydroxylation is 1. The first kappa shape index (κ1) is 13.3. The second-order valence-electron chi connectivity index (χ2n) is 4.66. The number of hydrogen-bond donors (Lipinski definition) is 1. The lowest BCUT2D eigenvalue weighted by Gasteiger charge is -2.19. The average molecular weight is 259 g/mol. The summed E-state index contributed by atoms with van der Waals surface area (Å²) < 4.78 is 5.12. The van der Waals surface area contributed by atoms with Crippen LogP contribution in [0.15, 0.2) is 40.2 Å². The summed E-state index contributed by atoms with van der Waals surface area (Å²) in [6, 6.07) is 1.42. The Morgan fingerprint density at radius 1 is 1.37 bits per heavy atom. The molecule has 4 nitrogen and oxygen atoms in total. The van der Waals surface area contributed by atoms with Crippen LogP contribution in [0.2, 0.25) is 0 Å². The van der Waals surface area contributed by atoms with Crippen molar-refractivity contribution < 1.29 is 9.21 Å². The van der Waals surface area contributed by atoms with E-state index < -0.39 is 5.63 Å². The van der Waals surface area contributed by atoms with Crippen LogP contribution in [0.25, 0.3) is 0 Å². The van der Waals surface area contributed by atoms with E-state index in [0.717, 1.165) is 24.8 Å². The van der Waals surface area contributed by atoms with Gasteiger partial charge in [-0.05, 0) is 31.2 Å². The highest BCUT2D eigenvalue weighted by molar-refractivity contribution is 5.98. The molecule has 0 fully saturated rings. The summed E-state index contributed by atoms with van der Waals surface area (Å²) in [6.45, 7) is 7.38. The van der Waals surface area contributed by atoms with Gasteiger partial charge in [-0.3, -0.25) is 4.79 Å². The number of hydrogen-bond acceptors (Lipinski definition) is 3. The maximum absolute atomic E-state index is 12.0. The Hall–Kier alpha value is -2.10. The van der Waals surface area contributed by atoms with Crippen molar-refractivity contribution >= 4 is 5.91 Å². The second-order valence-corrected chi connectivity index (χ2v) is 4.66. The standard InChI is InChI=1S/C15H17NO3/c1-3-4-5-6-7-11-9-13(17)19-12-8-10(2)16-15(18)14(11)12/h3,9H,1-2,4-8H2,(H,16,18). The molecule has 1 amide bonds. The molecule has 0 aliphatic carbocycles. The first-order chi connectivity index (χ1) is 9.11. The second kappa shape index (κ2) is 5.69. The topological polar surface area (TPSA) is 59.3 Å². The molecule has 0 atom stereocenters. The number of carbonyl (C=O) groups excluding carboxylic acids is 1. The predicted molar refractivity (Wildman–Crippen MR) is 73.0 cm³/mol. The van der Waals surface area contributed by atoms with Crippen molar-refractivity contribution in [2.45, 2.75) is 32.1 Å². The Morgan fingerprint density at radius 2 is 2.16 bits per heavy atom. The molecule has 2 heterocycles. The van der Waals surface area contributed by atoms with Gasteiger partial charge in [0.15, 0.2) is 0 Å². The van der Waals surface area contributed by atoms with Crippen LogP contribution in [0.3, 0.4) is 0 Å². The number of carbonyl (C=O) groups is 1. The molecule has 4 heteroatoms. The summed E-state index contributed by atoms with van der Waals surface area (Å²) in [7, 11) is 0. The number of unbranched alkanes of at least 4 members (excludes halogenated alkanes) is 2. The van der Waals surface area contributed by atoms with Gasteiger partial charge in [-0.2, -0.15) is 0 Å². The first-order valence-electron chi connectivity index (χ1n) is 6.37. The molecule has 1 N–H and O–H groups in total. The van der Waals surface area contributed by atoms with Gasteiger partial charge in [0, 0.05) is 18.2 Å². The van der Waals surface area contributed by atoms with Gasteiger partial charge in [0.25, 0.3) is 5.91 Å². The maximum atomic E-state index is 12.0. The lowest BCUT2D eigenvalue weighted by atomic mass is 9.97. The summed E-state index contributed by atoms with van der Waals surface area (Å²) >= 11 is 0. The van der Waals surface area contributed by atoms with Gasteiger partial charge in [-0.15, -0.1) is 6.58 Å². The van der Waals surface area contributed by atoms with Crippen LogP contribution in [0.4, 0.5) is 0 Å². The molecule has 2 rings (SSSR count). The highest BCUT2D eigenvalue weighted by atomic mass is 16.4. The zero-order valence-corrected chi connectivity index (χ0v) is 10.8. The van der Waals surface area contributed by atoms with Crippen molar-refractivity contribution in [1.29, 1.82) is 0 Å². The molecule has 0 aromatic carbocycles. The van der Waals surface area contributed by atoms with Crippen LogP contribution in [0.5, 0.6) is 0 Å². The molecule has 1 aliphatic rings. The molecule has 19 heavy (non-hydrogen) atoms. The highest BCUT2D eigenvalue weighted by Gasteiger charge is 2.25. The van der Waals surface area contributed by atoms with Crippen molar-refractivity contribution in [3.63, 3.8) is 0 Å². The summed E-state index contributed by atoms with van der Waals surface area (Å²) in [6.07, 6.45) is 5.79. The summed E-state index contributed by atoms with van der Waals surface area (Å²) in [5.74, 6) is 0.202. The van der Waals surface area contributed by atoms with Crippen molar-refractivity contribution in [3.05, 3.63) is 58.3 Å². The van der Waals surface area contributed by atoms with Crippen LogP contribution in [-0.4, -0.2) is 5.91 Å². The van der Waals surface area contributed by atoms with Gasteiger partial charge in [0.05, 0.1) is 5.56 Å². The molecule has 0 saturated heterocycles. The number of rotatable bonds is 5. The maximum Gasteiger partial charge on any atom is 0.336 e. The minimum absolute atomic E-state index is 0.228. The van der Waals surface area contributed by atoms with E-state index in [1.807, 2.05) is 6.08 Å². The normalized spacial score (nSPS) is 13.9. The van der Waals surface area contributed by atoms with E-state index in [9.17, 15) is 9.59 Å². The van der Waals surface area contributed by atoms with Gasteiger partial charge >= 0.3 is 5.63 Å². The third-order valence-corrected chi connectivity index (χ3v) is 3.11.